The van der Waals surface area contributed by atoms with Gasteiger partial charge in [0.25, 0.3) is 0 Å². The number of benzene rings is 2. The van der Waals surface area contributed by atoms with Gasteiger partial charge in [0.05, 0.1) is 11.8 Å². The third kappa shape index (κ3) is 2.45. The maximum Gasteiger partial charge on any atom is 0.540 e. The van der Waals surface area contributed by atoms with E-state index in [0.29, 0.717) is 6.61 Å². The molecule has 20 heavy (non-hydrogen) atoms. The maximum atomic E-state index is 5.75. The molecule has 2 aromatic carbocycles. The molecule has 2 rings (SSSR count). The first-order valence-corrected chi connectivity index (χ1v) is 8.25. The molecule has 0 fully saturated rings. The molecule has 0 saturated carbocycles. The average molecular weight is 292 g/mol. The summed E-state index contributed by atoms with van der Waals surface area (Å²) in [6.07, 6.45) is 0. The highest BCUT2D eigenvalue weighted by Crippen LogP contribution is 2.24. The molecular weight excluding hydrogens is 272 g/mol. The minimum Gasteiger partial charge on any atom is -0.494 e. The molecule has 0 aliphatic heterocycles. The van der Waals surface area contributed by atoms with Crippen molar-refractivity contribution in [2.45, 2.75) is 6.92 Å². The van der Waals surface area contributed by atoms with Gasteiger partial charge in [0.1, 0.15) is 5.75 Å². The molecule has 0 radical (unpaired) electrons. The Balaban J connectivity index is 2.77. The zero-order valence-electron chi connectivity index (χ0n) is 12.3. The standard InChI is InChI=1S/C15H20O4Si/c1-5-19-14-11-10-12-8-6-7-9-13(12)15(14)20(16-2,17-3)18-4/h6-11H,5H2,1-4H3. The van der Waals surface area contributed by atoms with E-state index in [1.807, 2.05) is 37.3 Å². The molecule has 5 heteroatoms. The Bertz CT molecular complexity index is 573. The van der Waals surface area contributed by atoms with Crippen molar-refractivity contribution in [2.24, 2.45) is 0 Å². The van der Waals surface area contributed by atoms with Crippen LogP contribution in [0.1, 0.15) is 6.92 Å². The Morgan fingerprint density at radius 1 is 0.900 bits per heavy atom. The van der Waals surface area contributed by atoms with E-state index in [2.05, 4.69) is 6.07 Å². The Kier molecular flexibility index (Phi) is 4.77. The van der Waals surface area contributed by atoms with Gasteiger partial charge < -0.3 is 18.0 Å². The molecule has 0 bridgehead atoms. The predicted molar refractivity (Wildman–Crippen MR) is 81.5 cm³/mol. The smallest absolute Gasteiger partial charge is 0.494 e. The van der Waals surface area contributed by atoms with Gasteiger partial charge in [-0.3, -0.25) is 0 Å². The summed E-state index contributed by atoms with van der Waals surface area (Å²) in [7, 11) is 1.86. The molecule has 108 valence electrons. The summed E-state index contributed by atoms with van der Waals surface area (Å²) in [5, 5.41) is 3.02. The van der Waals surface area contributed by atoms with Crippen LogP contribution in [0, 0.1) is 0 Å². The first kappa shape index (κ1) is 15.0. The third-order valence-electron chi connectivity index (χ3n) is 3.30. The van der Waals surface area contributed by atoms with E-state index in [-0.39, 0.29) is 0 Å². The third-order valence-corrected chi connectivity index (χ3v) is 6.04. The van der Waals surface area contributed by atoms with Crippen LogP contribution in [0.5, 0.6) is 5.75 Å². The average Bonchev–Trinajstić information content (AvgIpc) is 2.51. The number of fused-ring (bicyclic) bond motifs is 1. The van der Waals surface area contributed by atoms with Gasteiger partial charge in [-0.05, 0) is 23.8 Å². The fraction of sp³-hybridized carbons (Fsp3) is 0.333. The van der Waals surface area contributed by atoms with E-state index in [9.17, 15) is 0 Å². The topological polar surface area (TPSA) is 36.9 Å². The van der Waals surface area contributed by atoms with Gasteiger partial charge in [-0.25, -0.2) is 0 Å². The molecule has 0 heterocycles. The quantitative estimate of drug-likeness (QED) is 0.766. The Labute approximate surface area is 120 Å². The molecular formula is C15H20O4Si. The summed E-state index contributed by atoms with van der Waals surface area (Å²) in [6.45, 7) is 2.53. The fourth-order valence-corrected chi connectivity index (χ4v) is 4.53. The lowest BCUT2D eigenvalue weighted by Crippen LogP contribution is -2.55. The van der Waals surface area contributed by atoms with Crippen molar-refractivity contribution >= 4 is 24.8 Å². The van der Waals surface area contributed by atoms with Crippen LogP contribution in [0.3, 0.4) is 0 Å². The summed E-state index contributed by atoms with van der Waals surface area (Å²) >= 11 is 0. The lowest BCUT2D eigenvalue weighted by atomic mass is 10.1. The second-order valence-corrected chi connectivity index (χ2v) is 7.10. The largest absolute Gasteiger partial charge is 0.540 e. The minimum absolute atomic E-state index is 0.576. The van der Waals surface area contributed by atoms with Crippen molar-refractivity contribution in [2.75, 3.05) is 27.9 Å². The molecule has 0 atom stereocenters. The van der Waals surface area contributed by atoms with Crippen LogP contribution in [0.25, 0.3) is 10.8 Å². The van der Waals surface area contributed by atoms with E-state index in [1.54, 1.807) is 21.3 Å². The van der Waals surface area contributed by atoms with Crippen LogP contribution in [-0.4, -0.2) is 36.7 Å². The Morgan fingerprint density at radius 3 is 2.15 bits per heavy atom. The summed E-state index contributed by atoms with van der Waals surface area (Å²) < 4.78 is 22.6. The van der Waals surface area contributed by atoms with Crippen molar-refractivity contribution in [3.8, 4) is 5.75 Å². The summed E-state index contributed by atoms with van der Waals surface area (Å²) in [6, 6.07) is 12.1. The predicted octanol–water partition coefficient (Wildman–Crippen LogP) is 2.32. The zero-order valence-corrected chi connectivity index (χ0v) is 13.3. The molecule has 4 nitrogen and oxygen atoms in total. The normalized spacial score (nSPS) is 11.8. The fourth-order valence-electron chi connectivity index (χ4n) is 2.40. The molecule has 0 spiro atoms. The van der Waals surface area contributed by atoms with Crippen LogP contribution >= 0.6 is 0 Å². The van der Waals surface area contributed by atoms with Gasteiger partial charge in [0, 0.05) is 21.3 Å². The second kappa shape index (κ2) is 6.36. The number of rotatable bonds is 6. The Morgan fingerprint density at radius 2 is 1.55 bits per heavy atom. The molecule has 0 unspecified atom stereocenters. The van der Waals surface area contributed by atoms with Crippen LogP contribution in [0.2, 0.25) is 0 Å². The van der Waals surface area contributed by atoms with Crippen molar-refractivity contribution in [3.63, 3.8) is 0 Å². The van der Waals surface area contributed by atoms with Gasteiger partial charge in [-0.15, -0.1) is 0 Å². The molecule has 0 saturated heterocycles. The van der Waals surface area contributed by atoms with Crippen LogP contribution in [0.4, 0.5) is 0 Å². The SMILES string of the molecule is CCOc1ccc2ccccc2c1[Si](OC)(OC)OC. The van der Waals surface area contributed by atoms with Crippen LogP contribution in [-0.2, 0) is 13.3 Å². The van der Waals surface area contributed by atoms with E-state index in [1.165, 1.54) is 0 Å². The van der Waals surface area contributed by atoms with Gasteiger partial charge >= 0.3 is 8.80 Å². The molecule has 0 amide bonds. The highest BCUT2D eigenvalue weighted by Gasteiger charge is 2.45. The Hall–Kier alpha value is -1.40. The van der Waals surface area contributed by atoms with Crippen LogP contribution < -0.4 is 9.92 Å². The summed E-state index contributed by atoms with van der Waals surface area (Å²) in [4.78, 5) is 0. The molecule has 2 aromatic rings. The van der Waals surface area contributed by atoms with Crippen LogP contribution in [0.15, 0.2) is 36.4 Å². The summed E-state index contributed by atoms with van der Waals surface area (Å²) in [5.41, 5.74) is 0. The van der Waals surface area contributed by atoms with Gasteiger partial charge in [-0.1, -0.05) is 30.3 Å². The van der Waals surface area contributed by atoms with Crippen molar-refractivity contribution in [3.05, 3.63) is 36.4 Å². The highest BCUT2D eigenvalue weighted by atomic mass is 28.4. The van der Waals surface area contributed by atoms with E-state index in [4.69, 9.17) is 18.0 Å². The maximum absolute atomic E-state index is 5.75. The van der Waals surface area contributed by atoms with Crippen molar-refractivity contribution in [1.29, 1.82) is 0 Å². The van der Waals surface area contributed by atoms with E-state index < -0.39 is 8.80 Å². The molecule has 0 N–H and O–H groups in total. The number of hydrogen-bond acceptors (Lipinski definition) is 4. The molecule has 0 aliphatic rings. The van der Waals surface area contributed by atoms with Gasteiger partial charge in [0.15, 0.2) is 0 Å². The molecule has 0 aliphatic carbocycles. The lowest BCUT2D eigenvalue weighted by Gasteiger charge is -2.27. The van der Waals surface area contributed by atoms with Crippen molar-refractivity contribution < 1.29 is 18.0 Å². The van der Waals surface area contributed by atoms with E-state index in [0.717, 1.165) is 21.7 Å². The first-order valence-electron chi connectivity index (χ1n) is 6.53. The van der Waals surface area contributed by atoms with Gasteiger partial charge in [0.2, 0.25) is 0 Å². The second-order valence-electron chi connectivity index (χ2n) is 4.26. The summed E-state index contributed by atoms with van der Waals surface area (Å²) in [5.74, 6) is 0.753. The molecule has 0 aromatic heterocycles. The van der Waals surface area contributed by atoms with E-state index >= 15 is 0 Å². The number of hydrogen-bond donors (Lipinski definition) is 0. The number of ether oxygens (including phenoxy) is 1. The first-order chi connectivity index (χ1) is 9.72. The zero-order chi connectivity index (χ0) is 14.6. The highest BCUT2D eigenvalue weighted by molar-refractivity contribution is 6.78. The monoisotopic (exact) mass is 292 g/mol. The lowest BCUT2D eigenvalue weighted by molar-refractivity contribution is 0.139. The van der Waals surface area contributed by atoms with Gasteiger partial charge in [-0.2, -0.15) is 0 Å². The minimum atomic E-state index is -2.96. The van der Waals surface area contributed by atoms with Crippen molar-refractivity contribution in [1.82, 2.24) is 0 Å².